The average Bonchev–Trinajstić information content (AvgIpc) is 3.57. The molecule has 1 fully saturated rings. The van der Waals surface area contributed by atoms with E-state index in [9.17, 15) is 39.9 Å². The Morgan fingerprint density at radius 1 is 0.928 bits per heavy atom. The number of ketones is 1. The molecule has 0 spiro atoms. The largest absolute Gasteiger partial charge is 0.507 e. The highest BCUT2D eigenvalue weighted by Crippen LogP contribution is 2.55. The van der Waals surface area contributed by atoms with E-state index in [1.54, 1.807) is 47.0 Å². The number of esters is 1. The quantitative estimate of drug-likeness (QED) is 0.0627. The van der Waals surface area contributed by atoms with Crippen molar-refractivity contribution in [1.29, 1.82) is 0 Å². The van der Waals surface area contributed by atoms with Crippen molar-refractivity contribution < 1.29 is 63.6 Å². The summed E-state index contributed by atoms with van der Waals surface area (Å²) in [7, 11) is 3.07. The van der Waals surface area contributed by atoms with Crippen molar-refractivity contribution in [2.24, 2.45) is 28.8 Å². The van der Waals surface area contributed by atoms with Crippen molar-refractivity contribution in [2.45, 2.75) is 118 Å². The molecule has 4 heterocycles. The zero-order chi connectivity index (χ0) is 50.8. The molecule has 374 valence electrons. The zero-order valence-corrected chi connectivity index (χ0v) is 41.5. The second kappa shape index (κ2) is 21.2. The van der Waals surface area contributed by atoms with E-state index in [2.05, 4.69) is 10.2 Å². The molecule has 6 N–H and O–H groups in total. The number of amides is 1. The highest BCUT2D eigenvalue weighted by molar-refractivity contribution is 6.23. The number of carbonyl (C=O) groups is 3. The number of phenolic OH excluding ortho intramolecular Hbond substituents is 3. The Kier molecular flexibility index (Phi) is 16.1. The van der Waals surface area contributed by atoms with Crippen molar-refractivity contribution in [3.05, 3.63) is 82.7 Å². The van der Waals surface area contributed by atoms with Crippen molar-refractivity contribution in [3.63, 3.8) is 0 Å². The number of fused-ring (bicyclic) bond motifs is 14. The third-order valence-electron chi connectivity index (χ3n) is 13.8. The topological polar surface area (TPSA) is 229 Å². The first kappa shape index (κ1) is 52.2. The number of ether oxygens (including phenoxy) is 5. The highest BCUT2D eigenvalue weighted by atomic mass is 16.7. The van der Waals surface area contributed by atoms with Crippen LogP contribution in [0.5, 0.6) is 28.7 Å². The molecule has 69 heavy (non-hydrogen) atoms. The Balaban J connectivity index is 1.47. The number of aromatic hydroxyl groups is 3. The number of hydrogen-bond acceptors (Lipinski definition) is 16. The minimum atomic E-state index is -2.07. The number of nitrogens with one attached hydrogen (secondary N) is 1. The lowest BCUT2D eigenvalue weighted by Crippen LogP contribution is -2.54. The van der Waals surface area contributed by atoms with Crippen LogP contribution in [0.15, 0.2) is 65.5 Å². The molecule has 17 heteroatoms. The minimum absolute atomic E-state index is 0.0439. The van der Waals surface area contributed by atoms with Crippen LogP contribution < -0.4 is 14.8 Å². The smallest absolute Gasteiger partial charge is 0.312 e. The number of nitrogens with zero attached hydrogens (tertiary/aromatic N) is 3. The number of rotatable bonds is 7. The van der Waals surface area contributed by atoms with Gasteiger partial charge in [0, 0.05) is 80.8 Å². The fourth-order valence-electron chi connectivity index (χ4n) is 9.81. The van der Waals surface area contributed by atoms with Crippen LogP contribution >= 0.6 is 0 Å². The Morgan fingerprint density at radius 2 is 1.61 bits per heavy atom. The fourth-order valence-corrected chi connectivity index (χ4v) is 9.81. The lowest BCUT2D eigenvalue weighted by atomic mass is 9.78. The minimum Gasteiger partial charge on any atom is -0.507 e. The summed E-state index contributed by atoms with van der Waals surface area (Å²) in [6.45, 7) is 18.5. The maximum absolute atomic E-state index is 14.7. The highest BCUT2D eigenvalue weighted by Gasteiger charge is 2.50. The Morgan fingerprint density at radius 3 is 2.25 bits per heavy atom. The number of aliphatic hydroxyl groups is 2. The van der Waals surface area contributed by atoms with E-state index in [1.807, 2.05) is 43.1 Å². The number of anilines is 1. The number of aliphatic hydroxyl groups excluding tert-OH is 2. The zero-order valence-electron chi connectivity index (χ0n) is 41.5. The van der Waals surface area contributed by atoms with Gasteiger partial charge in [0.15, 0.2) is 5.75 Å². The van der Waals surface area contributed by atoms with Gasteiger partial charge in [0.1, 0.15) is 29.1 Å². The first-order valence-electron chi connectivity index (χ1n) is 23.3. The summed E-state index contributed by atoms with van der Waals surface area (Å²) in [5, 5.41) is 68.2. The van der Waals surface area contributed by atoms with Gasteiger partial charge in [-0.05, 0) is 51.5 Å². The van der Waals surface area contributed by atoms with Gasteiger partial charge in [0.05, 0.1) is 72.2 Å². The predicted octanol–water partition coefficient (Wildman–Crippen LogP) is 6.69. The van der Waals surface area contributed by atoms with Crippen LogP contribution in [0.1, 0.15) is 89.4 Å². The molecule has 7 rings (SSSR count). The van der Waals surface area contributed by atoms with Crippen LogP contribution in [0.4, 0.5) is 5.69 Å². The average molecular weight is 957 g/mol. The summed E-state index contributed by atoms with van der Waals surface area (Å²) >= 11 is 0. The molecule has 3 aromatic rings. The van der Waals surface area contributed by atoms with E-state index >= 15 is 0 Å². The number of hydrogen-bond donors (Lipinski definition) is 6. The van der Waals surface area contributed by atoms with Gasteiger partial charge >= 0.3 is 11.8 Å². The van der Waals surface area contributed by atoms with Gasteiger partial charge < -0.3 is 54.5 Å². The van der Waals surface area contributed by atoms with Gasteiger partial charge in [-0.25, -0.2) is 0 Å². The molecular weight excluding hydrogens is 889 g/mol. The molecule has 0 radical (unpaired) electrons. The van der Waals surface area contributed by atoms with Crippen LogP contribution in [0.3, 0.4) is 0 Å². The second-order valence-corrected chi connectivity index (χ2v) is 19.0. The molecule has 4 aliphatic rings. The standard InChI is InChI=1S/C52H68N4O13/c1-26-15-13-16-27(2)51(64)54-42-37(22-53-56-28(3)23-55(24-29(56)4)25-35-17-14-18-36(21-35)65-11)46(61)39-40(47(42)62)45(60)33(8)49-41(39)50(63)52(10,69-49)67-20-19-38(66-12)30(5)48(68-34(9)57)32(7)44(59)31(6)43(26)58/h13-22,26,28-32,38,43-44,48,58-62H,23-25H2,1-12H3,(H,54,64)/b15-13+,20-19+,27-16-,53-22-/t26-,28?,29?,30+,31+,32+,38-,43-,44+,48+,52-/m0/s1. The van der Waals surface area contributed by atoms with Gasteiger partial charge in [-0.1, -0.05) is 58.1 Å². The van der Waals surface area contributed by atoms with Gasteiger partial charge in [-0.2, -0.15) is 5.10 Å². The number of phenols is 3. The molecule has 1 saturated heterocycles. The van der Waals surface area contributed by atoms with E-state index in [4.69, 9.17) is 28.8 Å². The number of carbonyl (C=O) groups excluding carboxylic acids is 3. The summed E-state index contributed by atoms with van der Waals surface area (Å²) < 4.78 is 29.2. The summed E-state index contributed by atoms with van der Waals surface area (Å²) in [6.07, 6.45) is 4.84. The predicted molar refractivity (Wildman–Crippen MR) is 260 cm³/mol. The lowest BCUT2D eigenvalue weighted by molar-refractivity contribution is -0.160. The Hall–Kier alpha value is -6.14. The molecule has 3 aromatic carbocycles. The third-order valence-corrected chi connectivity index (χ3v) is 13.8. The first-order chi connectivity index (χ1) is 32.5. The van der Waals surface area contributed by atoms with E-state index < -0.39 is 88.8 Å². The van der Waals surface area contributed by atoms with Crippen molar-refractivity contribution >= 4 is 40.3 Å². The van der Waals surface area contributed by atoms with E-state index in [0.29, 0.717) is 19.6 Å². The number of piperazine rings is 1. The molecule has 5 bridgehead atoms. The molecule has 4 aliphatic heterocycles. The van der Waals surface area contributed by atoms with Gasteiger partial charge in [0.2, 0.25) is 0 Å². The number of Topliss-reactive ketones (excluding diaryl/α,β-unsaturated/α-hetero) is 1. The van der Waals surface area contributed by atoms with Gasteiger partial charge in [0.25, 0.3) is 11.7 Å². The molecule has 2 unspecified atom stereocenters. The van der Waals surface area contributed by atoms with Crippen molar-refractivity contribution in [3.8, 4) is 28.7 Å². The van der Waals surface area contributed by atoms with Gasteiger partial charge in [-0.15, -0.1) is 0 Å². The van der Waals surface area contributed by atoms with Crippen LogP contribution in [-0.4, -0.2) is 129 Å². The summed E-state index contributed by atoms with van der Waals surface area (Å²) in [5.74, 6) is -7.77. The summed E-state index contributed by atoms with van der Waals surface area (Å²) in [4.78, 5) is 43.4. The van der Waals surface area contributed by atoms with Crippen LogP contribution in [0, 0.1) is 30.6 Å². The first-order valence-corrected chi connectivity index (χ1v) is 23.3. The molecule has 0 aromatic heterocycles. The van der Waals surface area contributed by atoms with E-state index in [1.165, 1.54) is 59.4 Å². The fraction of sp³-hybridized carbons (Fsp3) is 0.500. The monoisotopic (exact) mass is 956 g/mol. The van der Waals surface area contributed by atoms with Crippen LogP contribution in [0.2, 0.25) is 0 Å². The molecular formula is C52H68N4O13. The van der Waals surface area contributed by atoms with E-state index in [0.717, 1.165) is 11.3 Å². The van der Waals surface area contributed by atoms with Crippen molar-refractivity contribution in [2.75, 3.05) is 32.6 Å². The maximum Gasteiger partial charge on any atom is 0.312 e. The maximum atomic E-state index is 14.7. The number of allylic oxidation sites excluding steroid dienone is 2. The van der Waals surface area contributed by atoms with Crippen molar-refractivity contribution in [1.82, 2.24) is 9.91 Å². The van der Waals surface area contributed by atoms with Crippen LogP contribution in [0.25, 0.3) is 10.8 Å². The second-order valence-electron chi connectivity index (χ2n) is 19.0. The third kappa shape index (κ3) is 10.6. The normalized spacial score (nSPS) is 31.2. The van der Waals surface area contributed by atoms with Crippen LogP contribution in [-0.2, 0) is 30.3 Å². The number of methoxy groups -OCH3 is 2. The Bertz CT molecular complexity index is 2540. The molecule has 0 saturated carbocycles. The van der Waals surface area contributed by atoms with E-state index in [-0.39, 0.29) is 56.6 Å². The lowest BCUT2D eigenvalue weighted by Gasteiger charge is -2.42. The number of benzene rings is 3. The van der Waals surface area contributed by atoms with Gasteiger partial charge in [-0.3, -0.25) is 24.3 Å². The molecule has 11 atom stereocenters. The molecule has 1 amide bonds. The summed E-state index contributed by atoms with van der Waals surface area (Å²) in [5.41, 5.74) is 0.652. The summed E-state index contributed by atoms with van der Waals surface area (Å²) in [6, 6.07) is 7.59. The SMILES string of the molecule is COc1cccc(CN2CC(C)N(/N=C\c3c4c(O)c5c(O)c(C)c6c(c5c3O)C(=O)[C@@](C)(O/C=C/[C@H](OC)[C@@H](C)[C@@H](OC(C)=O)[C@H](C)[C@H](O)[C@H](C)[C@@H](O)[C@@H](C)/C=C/C=C(/C)C(=O)N4)O6)C(C)C2)c1. The molecule has 0 aliphatic carbocycles. The Labute approximate surface area is 403 Å². The number of hydrazone groups is 1. The molecule has 17 nitrogen and oxygen atoms in total.